The Balaban J connectivity index is 1.19. The fourth-order valence-corrected chi connectivity index (χ4v) is 10.4. The summed E-state index contributed by atoms with van der Waals surface area (Å²) in [6, 6.07) is 46.3. The Kier molecular flexibility index (Phi) is 8.98. The third kappa shape index (κ3) is 6.15. The van der Waals surface area contributed by atoms with Crippen LogP contribution in [0.5, 0.6) is 0 Å². The molecule has 288 valence electrons. The van der Waals surface area contributed by atoms with Crippen molar-refractivity contribution in [3.8, 4) is 22.3 Å². The summed E-state index contributed by atoms with van der Waals surface area (Å²) >= 11 is 3.67. The Bertz CT molecular complexity index is 2580. The zero-order valence-electron chi connectivity index (χ0n) is 35.8. The number of rotatable bonds is 6. The molecule has 0 saturated carbocycles. The second-order valence-electron chi connectivity index (χ2n) is 18.2. The molecule has 4 heteroatoms. The van der Waals surface area contributed by atoms with E-state index in [0.29, 0.717) is 0 Å². The highest BCUT2D eigenvalue weighted by atomic mass is 79.9. The smallest absolute Gasteiger partial charge is 0.139 e. The topological polar surface area (TPSA) is 6.48 Å². The third-order valence-corrected chi connectivity index (χ3v) is 13.4. The second kappa shape index (κ2) is 13.6. The van der Waals surface area contributed by atoms with E-state index in [1.54, 1.807) is 0 Å². The number of fused-ring (bicyclic) bond motifs is 6. The van der Waals surface area contributed by atoms with E-state index in [1.807, 2.05) is 0 Å². The highest BCUT2D eigenvalue weighted by molar-refractivity contribution is 9.10. The van der Waals surface area contributed by atoms with Gasteiger partial charge < -0.3 is 9.80 Å². The molecule has 58 heavy (non-hydrogen) atoms. The molecule has 0 bridgehead atoms. The van der Waals surface area contributed by atoms with E-state index < -0.39 is 0 Å². The van der Waals surface area contributed by atoms with Gasteiger partial charge in [-0.25, -0.2) is 0 Å². The van der Waals surface area contributed by atoms with Crippen molar-refractivity contribution in [3.63, 3.8) is 0 Å². The van der Waals surface area contributed by atoms with E-state index in [1.165, 1.54) is 112 Å². The molecule has 0 amide bonds. The van der Waals surface area contributed by atoms with Gasteiger partial charge in [-0.2, -0.15) is 0 Å². The van der Waals surface area contributed by atoms with E-state index in [-0.39, 0.29) is 10.8 Å². The number of anilines is 6. The van der Waals surface area contributed by atoms with Gasteiger partial charge in [0.2, 0.25) is 0 Å². The summed E-state index contributed by atoms with van der Waals surface area (Å²) in [7, 11) is 2.16. The zero-order chi connectivity index (χ0) is 41.0. The van der Waals surface area contributed by atoms with Gasteiger partial charge in [-0.3, -0.25) is 0 Å². The van der Waals surface area contributed by atoms with E-state index in [2.05, 4.69) is 224 Å². The van der Waals surface area contributed by atoms with Gasteiger partial charge in [-0.05, 0) is 216 Å². The molecule has 0 aromatic heterocycles. The van der Waals surface area contributed by atoms with Crippen molar-refractivity contribution in [1.82, 2.24) is 0 Å². The van der Waals surface area contributed by atoms with Crippen LogP contribution >= 0.6 is 15.9 Å². The molecule has 7 aromatic carbocycles. The van der Waals surface area contributed by atoms with E-state index >= 15 is 0 Å². The van der Waals surface area contributed by atoms with Crippen LogP contribution in [0.1, 0.15) is 83.3 Å². The number of hydrogen-bond acceptors (Lipinski definition) is 2. The maximum absolute atomic E-state index is 3.67. The van der Waals surface area contributed by atoms with Crippen LogP contribution in [0.2, 0.25) is 0 Å². The summed E-state index contributed by atoms with van der Waals surface area (Å²) < 4.78 is 1.08. The van der Waals surface area contributed by atoms with Crippen molar-refractivity contribution < 1.29 is 0 Å². The van der Waals surface area contributed by atoms with Crippen LogP contribution in [0, 0.1) is 41.5 Å². The van der Waals surface area contributed by atoms with Crippen molar-refractivity contribution in [2.75, 3.05) is 9.80 Å². The molecule has 7 aromatic rings. The van der Waals surface area contributed by atoms with Gasteiger partial charge in [0.05, 0.1) is 0 Å². The Morgan fingerprint density at radius 3 is 1.12 bits per heavy atom. The lowest BCUT2D eigenvalue weighted by atomic mass is 9.79. The van der Waals surface area contributed by atoms with Gasteiger partial charge in [0.1, 0.15) is 7.85 Å². The maximum Gasteiger partial charge on any atom is 0.139 e. The Morgan fingerprint density at radius 1 is 0.397 bits per heavy atom. The van der Waals surface area contributed by atoms with Crippen LogP contribution in [0.3, 0.4) is 0 Å². The summed E-state index contributed by atoms with van der Waals surface area (Å²) in [5, 5.41) is 0. The molecule has 0 unspecified atom stereocenters. The SMILES string of the molecule is Bc1ccc(N(c2cc(C)cc(C)c2)c2cc(C)c3c(c2)C(C)(C)c2cc4c(cc2-3)C(C)(C)c2cc(N(c3ccc(Br)cc3)c3cc(C)cc(C)c3)cc(C)c2-4)cc1. The van der Waals surface area contributed by atoms with Gasteiger partial charge >= 0.3 is 0 Å². The first kappa shape index (κ1) is 38.2. The van der Waals surface area contributed by atoms with Crippen LogP contribution < -0.4 is 15.3 Å². The summed E-state index contributed by atoms with van der Waals surface area (Å²) in [6.45, 7) is 23.1. The lowest BCUT2D eigenvalue weighted by molar-refractivity contribution is 0.652. The number of halogens is 1. The first-order chi connectivity index (χ1) is 27.5. The fourth-order valence-electron chi connectivity index (χ4n) is 10.2. The first-order valence-electron chi connectivity index (χ1n) is 20.6. The van der Waals surface area contributed by atoms with Crippen LogP contribution in [0.4, 0.5) is 34.1 Å². The van der Waals surface area contributed by atoms with Crippen molar-refractivity contribution in [2.24, 2.45) is 0 Å². The quantitative estimate of drug-likeness (QED) is 0.154. The number of benzene rings is 7. The summed E-state index contributed by atoms with van der Waals surface area (Å²) in [4.78, 5) is 4.87. The highest BCUT2D eigenvalue weighted by Gasteiger charge is 2.43. The van der Waals surface area contributed by atoms with Crippen LogP contribution in [-0.2, 0) is 10.8 Å². The number of aryl methyl sites for hydroxylation is 6. The largest absolute Gasteiger partial charge is 0.310 e. The molecule has 2 aliphatic rings. The van der Waals surface area contributed by atoms with Crippen molar-refractivity contribution in [3.05, 3.63) is 181 Å². The third-order valence-electron chi connectivity index (χ3n) is 12.9. The fraction of sp³-hybridized carbons (Fsp3) is 0.222. The predicted octanol–water partition coefficient (Wildman–Crippen LogP) is 14.1. The van der Waals surface area contributed by atoms with Crippen molar-refractivity contribution in [1.29, 1.82) is 0 Å². The average molecular weight is 820 g/mol. The number of hydrogen-bond donors (Lipinski definition) is 0. The standard InChI is InChI=1S/C54H52BBrN2/c1-31-19-32(2)22-41(21-31)57(39-15-11-37(55)12-16-39)43-25-35(5)51-45-29-48-46(30-47(45)53(7,8)49(51)27-43)52-36(6)26-44(28-50(52)54(48,9)10)58(40-17-13-38(56)14-18-40)42-23-33(3)20-34(4)24-42/h11-30H,55H2,1-10H3. The van der Waals surface area contributed by atoms with Gasteiger partial charge in [0.15, 0.2) is 0 Å². The normalized spacial score (nSPS) is 14.1. The summed E-state index contributed by atoms with van der Waals surface area (Å²) in [5.41, 5.74) is 26.7. The Hall–Kier alpha value is -5.32. The molecule has 0 atom stereocenters. The lowest BCUT2D eigenvalue weighted by Gasteiger charge is -2.29. The highest BCUT2D eigenvalue weighted by Crippen LogP contribution is 2.59. The predicted molar refractivity (Wildman–Crippen MR) is 255 cm³/mol. The van der Waals surface area contributed by atoms with Gasteiger partial charge in [0, 0.05) is 49.4 Å². The van der Waals surface area contributed by atoms with E-state index in [4.69, 9.17) is 0 Å². The minimum absolute atomic E-state index is 0.190. The number of nitrogens with zero attached hydrogens (tertiary/aromatic N) is 2. The molecule has 0 aliphatic heterocycles. The van der Waals surface area contributed by atoms with Crippen LogP contribution in [0.25, 0.3) is 22.3 Å². The van der Waals surface area contributed by atoms with E-state index in [0.717, 1.165) is 10.2 Å². The minimum Gasteiger partial charge on any atom is -0.310 e. The van der Waals surface area contributed by atoms with Gasteiger partial charge in [-0.15, -0.1) is 0 Å². The molecule has 0 N–H and O–H groups in total. The van der Waals surface area contributed by atoms with Crippen molar-refractivity contribution >= 4 is 63.4 Å². The molecule has 0 radical (unpaired) electrons. The van der Waals surface area contributed by atoms with Crippen LogP contribution in [0.15, 0.2) is 126 Å². The molecule has 2 aliphatic carbocycles. The molecular weight excluding hydrogens is 767 g/mol. The average Bonchev–Trinajstić information content (AvgIpc) is 3.51. The lowest BCUT2D eigenvalue weighted by Crippen LogP contribution is -2.18. The molecular formula is C54H52BBrN2. The van der Waals surface area contributed by atoms with Gasteiger partial charge in [-0.1, -0.05) is 73.4 Å². The summed E-state index contributed by atoms with van der Waals surface area (Å²) in [6.07, 6.45) is 0. The molecule has 0 spiro atoms. The van der Waals surface area contributed by atoms with Gasteiger partial charge in [0.25, 0.3) is 0 Å². The molecule has 2 nitrogen and oxygen atoms in total. The van der Waals surface area contributed by atoms with Crippen molar-refractivity contribution in [2.45, 2.75) is 80.1 Å². The Morgan fingerprint density at radius 2 is 0.741 bits per heavy atom. The van der Waals surface area contributed by atoms with E-state index in [9.17, 15) is 0 Å². The first-order valence-corrected chi connectivity index (χ1v) is 21.4. The molecule has 0 saturated heterocycles. The van der Waals surface area contributed by atoms with Crippen LogP contribution in [-0.4, -0.2) is 7.85 Å². The Labute approximate surface area is 355 Å². The summed E-state index contributed by atoms with van der Waals surface area (Å²) in [5.74, 6) is 0. The second-order valence-corrected chi connectivity index (χ2v) is 19.2. The molecule has 0 heterocycles. The molecule has 0 fully saturated rings. The molecule has 9 rings (SSSR count). The minimum atomic E-state index is -0.194. The maximum atomic E-state index is 3.67. The monoisotopic (exact) mass is 818 g/mol. The zero-order valence-corrected chi connectivity index (χ0v) is 37.4.